The summed E-state index contributed by atoms with van der Waals surface area (Å²) in [5, 5.41) is 2.76. The predicted octanol–water partition coefficient (Wildman–Crippen LogP) is 1.94. The number of benzene rings is 1. The van der Waals surface area contributed by atoms with Crippen molar-refractivity contribution >= 4 is 29.3 Å². The summed E-state index contributed by atoms with van der Waals surface area (Å²) in [4.78, 5) is 22.7. The summed E-state index contributed by atoms with van der Waals surface area (Å²) in [5.74, 6) is 1.54. The SMILES string of the molecule is COC(=O)CCSCC(=O)Nc1ccc(OC)cc1OC. The molecule has 0 aliphatic rings. The van der Waals surface area contributed by atoms with Crippen molar-refractivity contribution in [2.45, 2.75) is 6.42 Å². The van der Waals surface area contributed by atoms with Gasteiger partial charge in [-0.2, -0.15) is 11.8 Å². The zero-order valence-electron chi connectivity index (χ0n) is 12.3. The lowest BCUT2D eigenvalue weighted by molar-refractivity contribution is -0.140. The summed E-state index contributed by atoms with van der Waals surface area (Å²) in [7, 11) is 4.43. The number of carbonyl (C=O) groups excluding carboxylic acids is 2. The molecule has 0 aliphatic carbocycles. The van der Waals surface area contributed by atoms with Crippen molar-refractivity contribution in [2.24, 2.45) is 0 Å². The van der Waals surface area contributed by atoms with Gasteiger partial charge in [-0.25, -0.2) is 0 Å². The van der Waals surface area contributed by atoms with Crippen LogP contribution in [-0.2, 0) is 14.3 Å². The molecule has 7 heteroatoms. The molecule has 0 radical (unpaired) electrons. The third-order valence-electron chi connectivity index (χ3n) is 2.59. The van der Waals surface area contributed by atoms with Crippen molar-refractivity contribution in [3.63, 3.8) is 0 Å². The Hall–Kier alpha value is -1.89. The standard InChI is InChI=1S/C14H19NO5S/c1-18-10-4-5-11(12(8-10)19-2)15-13(16)9-21-7-6-14(17)20-3/h4-5,8H,6-7,9H2,1-3H3,(H,15,16). The van der Waals surface area contributed by atoms with Gasteiger partial charge in [0.2, 0.25) is 5.91 Å². The maximum Gasteiger partial charge on any atom is 0.306 e. The highest BCUT2D eigenvalue weighted by atomic mass is 32.2. The molecule has 0 saturated heterocycles. The number of thioether (sulfide) groups is 1. The fraction of sp³-hybridized carbons (Fsp3) is 0.429. The van der Waals surface area contributed by atoms with Crippen LogP contribution in [0.15, 0.2) is 18.2 Å². The van der Waals surface area contributed by atoms with Crippen molar-refractivity contribution in [3.05, 3.63) is 18.2 Å². The van der Waals surface area contributed by atoms with Crippen LogP contribution in [0, 0.1) is 0 Å². The molecule has 1 amide bonds. The zero-order chi connectivity index (χ0) is 15.7. The highest BCUT2D eigenvalue weighted by Gasteiger charge is 2.09. The molecule has 1 N–H and O–H groups in total. The summed E-state index contributed by atoms with van der Waals surface area (Å²) in [5.41, 5.74) is 0.580. The molecule has 0 aromatic heterocycles. The van der Waals surface area contributed by atoms with Crippen LogP contribution in [-0.4, -0.2) is 44.7 Å². The Morgan fingerprint density at radius 3 is 2.57 bits per heavy atom. The Balaban J connectivity index is 2.45. The smallest absolute Gasteiger partial charge is 0.306 e. The van der Waals surface area contributed by atoms with E-state index in [1.165, 1.54) is 26.0 Å². The first-order valence-corrected chi connectivity index (χ1v) is 7.42. The first kappa shape index (κ1) is 17.2. The lowest BCUT2D eigenvalue weighted by Crippen LogP contribution is -2.15. The first-order chi connectivity index (χ1) is 10.1. The van der Waals surface area contributed by atoms with Gasteiger partial charge in [-0.15, -0.1) is 0 Å². The van der Waals surface area contributed by atoms with Crippen LogP contribution < -0.4 is 14.8 Å². The zero-order valence-corrected chi connectivity index (χ0v) is 13.1. The van der Waals surface area contributed by atoms with Gasteiger partial charge in [-0.05, 0) is 12.1 Å². The van der Waals surface area contributed by atoms with Gasteiger partial charge in [-0.3, -0.25) is 9.59 Å². The third kappa shape index (κ3) is 5.95. The van der Waals surface area contributed by atoms with E-state index >= 15 is 0 Å². The van der Waals surface area contributed by atoms with Gasteiger partial charge in [0.15, 0.2) is 0 Å². The van der Waals surface area contributed by atoms with Crippen LogP contribution in [0.25, 0.3) is 0 Å². The number of hydrogen-bond acceptors (Lipinski definition) is 6. The topological polar surface area (TPSA) is 73.9 Å². The average Bonchev–Trinajstić information content (AvgIpc) is 2.51. The van der Waals surface area contributed by atoms with E-state index in [0.29, 0.717) is 29.4 Å². The van der Waals surface area contributed by atoms with Crippen molar-refractivity contribution < 1.29 is 23.8 Å². The minimum Gasteiger partial charge on any atom is -0.497 e. The molecular formula is C14H19NO5S. The number of hydrogen-bond donors (Lipinski definition) is 1. The molecule has 0 saturated carbocycles. The minimum atomic E-state index is -0.278. The van der Waals surface area contributed by atoms with Crippen LogP contribution in [0.3, 0.4) is 0 Å². The van der Waals surface area contributed by atoms with Crippen molar-refractivity contribution in [1.29, 1.82) is 0 Å². The number of amides is 1. The van der Waals surface area contributed by atoms with E-state index in [2.05, 4.69) is 10.1 Å². The number of anilines is 1. The first-order valence-electron chi connectivity index (χ1n) is 6.27. The Kier molecular flexibility index (Phi) is 7.45. The van der Waals surface area contributed by atoms with Gasteiger partial charge >= 0.3 is 5.97 Å². The largest absolute Gasteiger partial charge is 0.497 e. The molecule has 0 spiro atoms. The van der Waals surface area contributed by atoms with Crippen LogP contribution in [0.4, 0.5) is 5.69 Å². The Morgan fingerprint density at radius 2 is 1.95 bits per heavy atom. The summed E-state index contributed by atoms with van der Waals surface area (Å²) < 4.78 is 14.8. The molecule has 116 valence electrons. The maximum atomic E-state index is 11.8. The quantitative estimate of drug-likeness (QED) is 0.584. The Morgan fingerprint density at radius 1 is 1.19 bits per heavy atom. The molecule has 0 atom stereocenters. The van der Waals surface area contributed by atoms with Crippen LogP contribution in [0.2, 0.25) is 0 Å². The van der Waals surface area contributed by atoms with Gasteiger partial charge in [0.25, 0.3) is 0 Å². The van der Waals surface area contributed by atoms with E-state index in [1.807, 2.05) is 0 Å². The lowest BCUT2D eigenvalue weighted by atomic mass is 10.2. The second-order valence-electron chi connectivity index (χ2n) is 3.99. The number of rotatable bonds is 8. The number of esters is 1. The van der Waals surface area contributed by atoms with Gasteiger partial charge in [0.05, 0.1) is 39.2 Å². The lowest BCUT2D eigenvalue weighted by Gasteiger charge is -2.11. The van der Waals surface area contributed by atoms with Gasteiger partial charge in [0.1, 0.15) is 11.5 Å². The molecule has 1 aromatic rings. The minimum absolute atomic E-state index is 0.159. The number of methoxy groups -OCH3 is 3. The molecule has 0 fully saturated rings. The van der Waals surface area contributed by atoms with Crippen LogP contribution in [0.5, 0.6) is 11.5 Å². The van der Waals surface area contributed by atoms with E-state index in [1.54, 1.807) is 25.3 Å². The fourth-order valence-electron chi connectivity index (χ4n) is 1.51. The highest BCUT2D eigenvalue weighted by molar-refractivity contribution is 7.99. The summed E-state index contributed by atoms with van der Waals surface area (Å²) in [6.07, 6.45) is 0.292. The number of nitrogens with one attached hydrogen (secondary N) is 1. The van der Waals surface area contributed by atoms with E-state index in [9.17, 15) is 9.59 Å². The average molecular weight is 313 g/mol. The van der Waals surface area contributed by atoms with E-state index in [4.69, 9.17) is 9.47 Å². The van der Waals surface area contributed by atoms with Crippen molar-refractivity contribution in [2.75, 3.05) is 38.2 Å². The third-order valence-corrected chi connectivity index (χ3v) is 3.55. The van der Waals surface area contributed by atoms with Crippen LogP contribution in [0.1, 0.15) is 6.42 Å². The second-order valence-corrected chi connectivity index (χ2v) is 5.10. The fourth-order valence-corrected chi connectivity index (χ4v) is 2.22. The highest BCUT2D eigenvalue weighted by Crippen LogP contribution is 2.29. The normalized spacial score (nSPS) is 9.86. The predicted molar refractivity (Wildman–Crippen MR) is 82.1 cm³/mol. The molecular weight excluding hydrogens is 294 g/mol. The summed E-state index contributed by atoms with van der Waals surface area (Å²) in [6, 6.07) is 5.15. The van der Waals surface area contributed by atoms with E-state index < -0.39 is 0 Å². The van der Waals surface area contributed by atoms with E-state index in [0.717, 1.165) is 0 Å². The molecule has 6 nitrogen and oxygen atoms in total. The molecule has 0 unspecified atom stereocenters. The Labute approximate surface area is 128 Å². The number of carbonyl (C=O) groups is 2. The van der Waals surface area contributed by atoms with Crippen LogP contribution >= 0.6 is 11.8 Å². The molecule has 21 heavy (non-hydrogen) atoms. The maximum absolute atomic E-state index is 11.8. The molecule has 0 bridgehead atoms. The molecule has 1 aromatic carbocycles. The van der Waals surface area contributed by atoms with Gasteiger partial charge < -0.3 is 19.5 Å². The van der Waals surface area contributed by atoms with Gasteiger partial charge in [0, 0.05) is 11.8 Å². The monoisotopic (exact) mass is 313 g/mol. The molecule has 1 rings (SSSR count). The molecule has 0 aliphatic heterocycles. The Bertz CT molecular complexity index is 492. The van der Waals surface area contributed by atoms with Crippen molar-refractivity contribution in [1.82, 2.24) is 0 Å². The second kappa shape index (κ2) is 9.12. The summed E-state index contributed by atoms with van der Waals surface area (Å²) >= 11 is 1.37. The summed E-state index contributed by atoms with van der Waals surface area (Å²) in [6.45, 7) is 0. The molecule has 0 heterocycles. The van der Waals surface area contributed by atoms with Crippen molar-refractivity contribution in [3.8, 4) is 11.5 Å². The van der Waals surface area contributed by atoms with Gasteiger partial charge in [-0.1, -0.05) is 0 Å². The number of ether oxygens (including phenoxy) is 3. The van der Waals surface area contributed by atoms with E-state index in [-0.39, 0.29) is 17.6 Å².